The number of nitrogens with one attached hydrogen (secondary N) is 3. The van der Waals surface area contributed by atoms with Crippen LogP contribution in [0.1, 0.15) is 43.0 Å². The number of unbranched alkanes of at least 4 members (excludes halogenated alkanes) is 1. The van der Waals surface area contributed by atoms with E-state index in [9.17, 15) is 22.8 Å². The maximum atomic E-state index is 12.2. The van der Waals surface area contributed by atoms with Crippen molar-refractivity contribution in [1.29, 1.82) is 0 Å². The van der Waals surface area contributed by atoms with Gasteiger partial charge in [0.05, 0.1) is 23.1 Å². The summed E-state index contributed by atoms with van der Waals surface area (Å²) < 4.78 is 24.5. The first-order chi connectivity index (χ1) is 12.8. The molecular formula is C18H23N3O5S. The van der Waals surface area contributed by atoms with Crippen molar-refractivity contribution in [2.45, 2.75) is 49.9 Å². The monoisotopic (exact) mass is 393 g/mol. The molecule has 3 atom stereocenters. The van der Waals surface area contributed by atoms with Crippen LogP contribution in [0.2, 0.25) is 0 Å². The van der Waals surface area contributed by atoms with Gasteiger partial charge >= 0.3 is 6.03 Å². The number of ketones is 1. The second-order valence-electron chi connectivity index (χ2n) is 7.05. The Labute approximate surface area is 158 Å². The predicted molar refractivity (Wildman–Crippen MR) is 100 cm³/mol. The average Bonchev–Trinajstić information content (AvgIpc) is 3.03. The van der Waals surface area contributed by atoms with E-state index in [0.29, 0.717) is 30.5 Å². The zero-order chi connectivity index (χ0) is 19.6. The second-order valence-corrected chi connectivity index (χ2v) is 9.31. The third-order valence-electron chi connectivity index (χ3n) is 5.02. The molecule has 0 unspecified atom stereocenters. The molecule has 2 aliphatic heterocycles. The van der Waals surface area contributed by atoms with Gasteiger partial charge in [0.1, 0.15) is 0 Å². The number of Topliss-reactive ketones (excluding diaryl/α,β-unsaturated/α-hetero) is 1. The van der Waals surface area contributed by atoms with Gasteiger partial charge in [-0.05, 0) is 31.9 Å². The van der Waals surface area contributed by atoms with Crippen molar-refractivity contribution in [3.63, 3.8) is 0 Å². The van der Waals surface area contributed by atoms with Crippen molar-refractivity contribution in [2.75, 3.05) is 11.1 Å². The smallest absolute Gasteiger partial charge is 0.315 e. The van der Waals surface area contributed by atoms with Crippen molar-refractivity contribution >= 4 is 33.2 Å². The molecule has 8 nitrogen and oxygen atoms in total. The molecule has 2 saturated heterocycles. The molecule has 0 bridgehead atoms. The number of benzene rings is 1. The van der Waals surface area contributed by atoms with Gasteiger partial charge in [-0.2, -0.15) is 0 Å². The van der Waals surface area contributed by atoms with Crippen LogP contribution in [-0.4, -0.2) is 49.2 Å². The normalized spacial score (nSPS) is 25.4. The first-order valence-electron chi connectivity index (χ1n) is 8.96. The number of amides is 3. The fraction of sp³-hybridized carbons (Fsp3) is 0.500. The average molecular weight is 393 g/mol. The number of hydrogen-bond donors (Lipinski definition) is 3. The minimum atomic E-state index is -3.24. The molecule has 2 fully saturated rings. The van der Waals surface area contributed by atoms with Gasteiger partial charge in [-0.3, -0.25) is 9.59 Å². The second kappa shape index (κ2) is 7.67. The van der Waals surface area contributed by atoms with Crippen molar-refractivity contribution in [2.24, 2.45) is 0 Å². The first kappa shape index (κ1) is 19.3. The summed E-state index contributed by atoms with van der Waals surface area (Å²) in [6.07, 6.45) is 1.79. The molecule has 146 valence electrons. The zero-order valence-corrected chi connectivity index (χ0v) is 15.8. The van der Waals surface area contributed by atoms with Gasteiger partial charge in [0, 0.05) is 17.7 Å². The summed E-state index contributed by atoms with van der Waals surface area (Å²) in [5.74, 6) is -0.289. The fourth-order valence-electron chi connectivity index (χ4n) is 3.68. The van der Waals surface area contributed by atoms with Gasteiger partial charge in [-0.1, -0.05) is 18.6 Å². The van der Waals surface area contributed by atoms with E-state index in [0.717, 1.165) is 0 Å². The minimum Gasteiger partial charge on any atom is -0.332 e. The number of sulfone groups is 1. The summed E-state index contributed by atoms with van der Waals surface area (Å²) in [6, 6.07) is 5.67. The highest BCUT2D eigenvalue weighted by atomic mass is 32.2. The van der Waals surface area contributed by atoms with Gasteiger partial charge < -0.3 is 16.0 Å². The van der Waals surface area contributed by atoms with Gasteiger partial charge in [0.25, 0.3) is 0 Å². The van der Waals surface area contributed by atoms with Crippen LogP contribution >= 0.6 is 0 Å². The molecule has 0 aromatic heterocycles. The van der Waals surface area contributed by atoms with E-state index in [1.54, 1.807) is 24.3 Å². The molecule has 2 aliphatic rings. The van der Waals surface area contributed by atoms with Crippen LogP contribution in [0.3, 0.4) is 0 Å². The molecule has 2 heterocycles. The van der Waals surface area contributed by atoms with Crippen LogP contribution in [0.15, 0.2) is 24.3 Å². The molecule has 3 rings (SSSR count). The van der Waals surface area contributed by atoms with Gasteiger partial charge in [0.15, 0.2) is 15.6 Å². The highest BCUT2D eigenvalue weighted by molar-refractivity contribution is 7.92. The SMILES string of the molecule is CC(=O)c1cccc(NC(=O)CCCC[C@@H]2[C@@H]3NC(=O)N[C@@H]3CS2(=O)=O)c1. The van der Waals surface area contributed by atoms with Crippen LogP contribution < -0.4 is 16.0 Å². The van der Waals surface area contributed by atoms with Crippen molar-refractivity contribution in [3.8, 4) is 0 Å². The Kier molecular flexibility index (Phi) is 5.50. The van der Waals surface area contributed by atoms with Crippen molar-refractivity contribution < 1.29 is 22.8 Å². The van der Waals surface area contributed by atoms with Gasteiger partial charge in [-0.25, -0.2) is 13.2 Å². The Bertz CT molecular complexity index is 868. The number of anilines is 1. The third-order valence-corrected chi connectivity index (χ3v) is 7.29. The van der Waals surface area contributed by atoms with E-state index in [-0.39, 0.29) is 42.0 Å². The fourth-order valence-corrected chi connectivity index (χ4v) is 5.94. The van der Waals surface area contributed by atoms with Gasteiger partial charge in [0.2, 0.25) is 5.91 Å². The summed E-state index contributed by atoms with van der Waals surface area (Å²) in [4.78, 5) is 34.8. The lowest BCUT2D eigenvalue weighted by Crippen LogP contribution is -2.39. The molecule has 3 N–H and O–H groups in total. The third kappa shape index (κ3) is 4.47. The number of hydrogen-bond acceptors (Lipinski definition) is 5. The van der Waals surface area contributed by atoms with Gasteiger partial charge in [-0.15, -0.1) is 0 Å². The first-order valence-corrected chi connectivity index (χ1v) is 10.7. The lowest BCUT2D eigenvalue weighted by atomic mass is 10.0. The lowest BCUT2D eigenvalue weighted by Gasteiger charge is -2.16. The van der Waals surface area contributed by atoms with E-state index in [4.69, 9.17) is 0 Å². The molecule has 0 radical (unpaired) electrons. The van der Waals surface area contributed by atoms with Crippen LogP contribution in [0.5, 0.6) is 0 Å². The molecule has 0 aliphatic carbocycles. The lowest BCUT2D eigenvalue weighted by molar-refractivity contribution is -0.116. The Morgan fingerprint density at radius 1 is 1.22 bits per heavy atom. The quantitative estimate of drug-likeness (QED) is 0.365. The Hall–Kier alpha value is -2.42. The molecule has 0 saturated carbocycles. The van der Waals surface area contributed by atoms with E-state index in [1.165, 1.54) is 6.92 Å². The van der Waals surface area contributed by atoms with Crippen LogP contribution in [0, 0.1) is 0 Å². The largest absolute Gasteiger partial charge is 0.332 e. The maximum Gasteiger partial charge on any atom is 0.315 e. The van der Waals surface area contributed by atoms with Crippen molar-refractivity contribution in [3.05, 3.63) is 29.8 Å². The van der Waals surface area contributed by atoms with Crippen LogP contribution in [-0.2, 0) is 14.6 Å². The van der Waals surface area contributed by atoms with Crippen LogP contribution in [0.25, 0.3) is 0 Å². The molecule has 9 heteroatoms. The highest BCUT2D eigenvalue weighted by Crippen LogP contribution is 2.28. The van der Waals surface area contributed by atoms with Crippen molar-refractivity contribution in [1.82, 2.24) is 10.6 Å². The standard InChI is InChI=1S/C18H23N3O5S/c1-11(22)12-5-4-6-13(9-12)19-16(23)8-3-2-7-15-17-14(10-27(15,25)26)20-18(24)21-17/h4-6,9,14-15,17H,2-3,7-8,10H2,1H3,(H,19,23)(H2,20,21,24)/t14-,15-,17-/m1/s1. The number of carbonyl (C=O) groups excluding carboxylic acids is 3. The van der Waals surface area contributed by atoms with E-state index >= 15 is 0 Å². The Balaban J connectivity index is 1.46. The summed E-state index contributed by atoms with van der Waals surface area (Å²) in [5, 5.41) is 7.46. The minimum absolute atomic E-state index is 0.0337. The summed E-state index contributed by atoms with van der Waals surface area (Å²) in [7, 11) is -3.24. The molecule has 0 spiro atoms. The topological polar surface area (TPSA) is 121 Å². The predicted octanol–water partition coefficient (Wildman–Crippen LogP) is 1.24. The molecule has 1 aromatic carbocycles. The number of carbonyl (C=O) groups is 3. The zero-order valence-electron chi connectivity index (χ0n) is 15.0. The number of urea groups is 1. The molecule has 1 aromatic rings. The Morgan fingerprint density at radius 3 is 2.74 bits per heavy atom. The summed E-state index contributed by atoms with van der Waals surface area (Å²) in [6.45, 7) is 1.46. The molecular weight excluding hydrogens is 370 g/mol. The maximum absolute atomic E-state index is 12.2. The van der Waals surface area contributed by atoms with E-state index in [2.05, 4.69) is 16.0 Å². The highest BCUT2D eigenvalue weighted by Gasteiger charge is 2.51. The Morgan fingerprint density at radius 2 is 2.00 bits per heavy atom. The molecule has 27 heavy (non-hydrogen) atoms. The summed E-state index contributed by atoms with van der Waals surface area (Å²) in [5.41, 5.74) is 1.09. The van der Waals surface area contributed by atoms with E-state index < -0.39 is 15.1 Å². The van der Waals surface area contributed by atoms with Crippen LogP contribution in [0.4, 0.5) is 10.5 Å². The van der Waals surface area contributed by atoms with E-state index in [1.807, 2.05) is 0 Å². The number of rotatable bonds is 7. The molecule has 3 amide bonds. The summed E-state index contributed by atoms with van der Waals surface area (Å²) >= 11 is 0. The number of fused-ring (bicyclic) bond motifs is 1.